The fraction of sp³-hybridized carbons (Fsp3) is 0.692. The van der Waals surface area contributed by atoms with Crippen LogP contribution in [0.15, 0.2) is 18.2 Å². The predicted octanol–water partition coefficient (Wildman–Crippen LogP) is 1.96. The Bertz CT molecular complexity index is 962. The van der Waals surface area contributed by atoms with Crippen molar-refractivity contribution in [3.8, 4) is 6.07 Å². The summed E-state index contributed by atoms with van der Waals surface area (Å²) in [6.07, 6.45) is 6.79. The summed E-state index contributed by atoms with van der Waals surface area (Å²) < 4.78 is 20.8. The highest BCUT2D eigenvalue weighted by molar-refractivity contribution is 5.83. The largest absolute Gasteiger partial charge is 0.380 e. The first-order valence-corrected chi connectivity index (χ1v) is 12.9. The molecule has 0 radical (unpaired) electrons. The standard InChI is InChI=1S/C26H34FN5O2/c27-24-11-20(32-21-5-6-22(32)14-31(13-21)23-7-8-34-15-23)4-2-16(24)9-19(12-28)30-26(33)25-17-1-3-18(10-17)29-25/h2,4,11,17-19,21-23,25,29H,1,3,5-10,13-15H2,(H,30,33)/t17?,18?,19-,21?,22?,23?,25?/m0/s1. The highest BCUT2D eigenvalue weighted by Gasteiger charge is 2.44. The van der Waals surface area contributed by atoms with E-state index in [0.29, 0.717) is 35.6 Å². The maximum absolute atomic E-state index is 15.2. The number of amides is 1. The van der Waals surface area contributed by atoms with E-state index in [-0.39, 0.29) is 24.2 Å². The number of hydrogen-bond donors (Lipinski definition) is 2. The monoisotopic (exact) mass is 467 g/mol. The molecule has 1 aromatic carbocycles. The first kappa shape index (κ1) is 22.3. The molecule has 1 amide bonds. The molecule has 4 bridgehead atoms. The Balaban J connectivity index is 1.10. The molecule has 7 nitrogen and oxygen atoms in total. The number of hydrogen-bond acceptors (Lipinski definition) is 6. The summed E-state index contributed by atoms with van der Waals surface area (Å²) in [4.78, 5) is 17.7. The predicted molar refractivity (Wildman–Crippen MR) is 126 cm³/mol. The molecular formula is C26H34FN5O2. The Labute approximate surface area is 200 Å². The van der Waals surface area contributed by atoms with Crippen molar-refractivity contribution in [3.05, 3.63) is 29.6 Å². The second-order valence-corrected chi connectivity index (χ2v) is 10.8. The molecule has 1 saturated carbocycles. The number of halogens is 1. The smallest absolute Gasteiger partial charge is 0.238 e. The van der Waals surface area contributed by atoms with Gasteiger partial charge in [0.15, 0.2) is 0 Å². The summed E-state index contributed by atoms with van der Waals surface area (Å²) in [5.74, 6) is -0.0636. The average Bonchev–Trinajstić information content (AvgIpc) is 3.64. The van der Waals surface area contributed by atoms with E-state index >= 15 is 4.39 Å². The first-order chi connectivity index (χ1) is 16.6. The van der Waals surface area contributed by atoms with Gasteiger partial charge in [0.05, 0.1) is 18.7 Å². The van der Waals surface area contributed by atoms with Crippen molar-refractivity contribution in [1.82, 2.24) is 15.5 Å². The van der Waals surface area contributed by atoms with Gasteiger partial charge in [-0.05, 0) is 62.1 Å². The van der Waals surface area contributed by atoms with E-state index in [1.807, 2.05) is 6.07 Å². The van der Waals surface area contributed by atoms with E-state index in [4.69, 9.17) is 4.74 Å². The molecule has 1 aromatic rings. The molecule has 5 fully saturated rings. The van der Waals surface area contributed by atoms with E-state index < -0.39 is 6.04 Å². The SMILES string of the molecule is N#C[C@H](Cc1ccc(N2C3CCC2CN(C2CCOC2)C3)cc1F)NC(=O)C1NC2CCC1C2. The lowest BCUT2D eigenvalue weighted by Crippen LogP contribution is -2.56. The average molecular weight is 468 g/mol. The van der Waals surface area contributed by atoms with Crippen LogP contribution in [0.2, 0.25) is 0 Å². The Kier molecular flexibility index (Phi) is 5.96. The normalized spacial score (nSPS) is 35.5. The van der Waals surface area contributed by atoms with Crippen LogP contribution in [0.25, 0.3) is 0 Å². The zero-order valence-electron chi connectivity index (χ0n) is 19.6. The van der Waals surface area contributed by atoms with Crippen molar-refractivity contribution < 1.29 is 13.9 Å². The molecule has 1 aliphatic carbocycles. The summed E-state index contributed by atoms with van der Waals surface area (Å²) in [6.45, 7) is 3.70. The second-order valence-electron chi connectivity index (χ2n) is 10.8. The molecule has 8 heteroatoms. The van der Waals surface area contributed by atoms with Crippen LogP contribution in [-0.4, -0.2) is 73.4 Å². The van der Waals surface area contributed by atoms with Crippen LogP contribution in [0.3, 0.4) is 0 Å². The van der Waals surface area contributed by atoms with Gasteiger partial charge >= 0.3 is 0 Å². The van der Waals surface area contributed by atoms with Crippen molar-refractivity contribution in [2.24, 2.45) is 5.92 Å². The molecule has 0 spiro atoms. The summed E-state index contributed by atoms with van der Waals surface area (Å²) >= 11 is 0. The van der Waals surface area contributed by atoms with Crippen molar-refractivity contribution >= 4 is 11.6 Å². The Morgan fingerprint density at radius 2 is 2.03 bits per heavy atom. The Morgan fingerprint density at radius 1 is 1.21 bits per heavy atom. The fourth-order valence-electron chi connectivity index (χ4n) is 7.09. The summed E-state index contributed by atoms with van der Waals surface area (Å²) in [5.41, 5.74) is 1.41. The lowest BCUT2D eigenvalue weighted by Gasteiger charge is -2.44. The van der Waals surface area contributed by atoms with Crippen LogP contribution in [0, 0.1) is 23.1 Å². The number of nitrogens with zero attached hydrogens (tertiary/aromatic N) is 3. The minimum atomic E-state index is -0.734. The highest BCUT2D eigenvalue weighted by atomic mass is 19.1. The third kappa shape index (κ3) is 4.08. The van der Waals surface area contributed by atoms with Crippen molar-refractivity contribution in [3.63, 3.8) is 0 Å². The molecule has 2 N–H and O–H groups in total. The Morgan fingerprint density at radius 3 is 2.65 bits per heavy atom. The van der Waals surface area contributed by atoms with Gasteiger partial charge in [-0.15, -0.1) is 0 Å². The molecule has 0 aromatic heterocycles. The zero-order chi connectivity index (χ0) is 23.2. The van der Waals surface area contributed by atoms with Crippen LogP contribution in [0.5, 0.6) is 0 Å². The second kappa shape index (κ2) is 9.10. The van der Waals surface area contributed by atoms with Gasteiger partial charge in [-0.1, -0.05) is 6.07 Å². The lowest BCUT2D eigenvalue weighted by molar-refractivity contribution is -0.124. The van der Waals surface area contributed by atoms with Crippen molar-refractivity contribution in [2.45, 2.75) is 81.2 Å². The molecule has 6 unspecified atom stereocenters. The molecule has 182 valence electrons. The number of anilines is 1. The molecule has 5 aliphatic rings. The quantitative estimate of drug-likeness (QED) is 0.666. The summed E-state index contributed by atoms with van der Waals surface area (Å²) in [6, 6.07) is 8.39. The number of nitrogens with one attached hydrogen (secondary N) is 2. The minimum absolute atomic E-state index is 0.127. The maximum atomic E-state index is 15.2. The van der Waals surface area contributed by atoms with Gasteiger partial charge in [-0.2, -0.15) is 5.26 Å². The van der Waals surface area contributed by atoms with E-state index in [1.165, 1.54) is 0 Å². The molecule has 34 heavy (non-hydrogen) atoms. The third-order valence-corrected chi connectivity index (χ3v) is 8.81. The van der Waals surface area contributed by atoms with Gasteiger partial charge in [0.25, 0.3) is 0 Å². The summed E-state index contributed by atoms with van der Waals surface area (Å²) in [7, 11) is 0. The number of carbonyl (C=O) groups is 1. The van der Waals surface area contributed by atoms with Crippen LogP contribution in [-0.2, 0) is 16.0 Å². The van der Waals surface area contributed by atoms with Crippen LogP contribution in [0.1, 0.15) is 44.1 Å². The number of piperazine rings is 1. The number of rotatable bonds is 6. The van der Waals surface area contributed by atoms with E-state index in [0.717, 1.165) is 70.5 Å². The van der Waals surface area contributed by atoms with E-state index in [9.17, 15) is 10.1 Å². The van der Waals surface area contributed by atoms with Crippen molar-refractivity contribution in [2.75, 3.05) is 31.2 Å². The third-order valence-electron chi connectivity index (χ3n) is 8.81. The molecule has 4 saturated heterocycles. The van der Waals surface area contributed by atoms with Gasteiger partial charge in [-0.25, -0.2) is 4.39 Å². The molecule has 4 aliphatic heterocycles. The van der Waals surface area contributed by atoms with Gasteiger partial charge < -0.3 is 20.3 Å². The number of fused-ring (bicyclic) bond motifs is 4. The molecular weight excluding hydrogens is 433 g/mol. The van der Waals surface area contributed by atoms with Crippen molar-refractivity contribution in [1.29, 1.82) is 5.26 Å². The van der Waals surface area contributed by atoms with Gasteiger partial charge in [0.2, 0.25) is 5.91 Å². The number of nitriles is 1. The lowest BCUT2D eigenvalue weighted by atomic mass is 9.98. The number of carbonyl (C=O) groups excluding carboxylic acids is 1. The number of ether oxygens (including phenoxy) is 1. The van der Waals surface area contributed by atoms with Crippen LogP contribution < -0.4 is 15.5 Å². The number of piperidine rings is 1. The Hall–Kier alpha value is -2.21. The first-order valence-electron chi connectivity index (χ1n) is 12.9. The fourth-order valence-corrected chi connectivity index (χ4v) is 7.09. The molecule has 6 rings (SSSR count). The van der Waals surface area contributed by atoms with Crippen LogP contribution >= 0.6 is 0 Å². The minimum Gasteiger partial charge on any atom is -0.380 e. The molecule has 7 atom stereocenters. The number of benzene rings is 1. The van der Waals surface area contributed by atoms with Gasteiger partial charge in [0, 0.05) is 56.0 Å². The van der Waals surface area contributed by atoms with Gasteiger partial charge in [0.1, 0.15) is 11.9 Å². The van der Waals surface area contributed by atoms with Gasteiger partial charge in [-0.3, -0.25) is 9.69 Å². The van der Waals surface area contributed by atoms with Crippen LogP contribution in [0.4, 0.5) is 10.1 Å². The summed E-state index contributed by atoms with van der Waals surface area (Å²) in [5, 5.41) is 15.8. The maximum Gasteiger partial charge on any atom is 0.238 e. The van der Waals surface area contributed by atoms with E-state index in [1.54, 1.807) is 12.1 Å². The zero-order valence-corrected chi connectivity index (χ0v) is 19.6. The highest BCUT2D eigenvalue weighted by Crippen LogP contribution is 2.37. The molecule has 4 heterocycles. The topological polar surface area (TPSA) is 80.6 Å². The number of likely N-dealkylation sites (tertiary alicyclic amines) is 1. The van der Waals surface area contributed by atoms with E-state index in [2.05, 4.69) is 26.5 Å².